The number of rotatable bonds is 36. The second-order valence-electron chi connectivity index (χ2n) is 15.5. The third-order valence-corrected chi connectivity index (χ3v) is 10.4. The molecule has 9 nitrogen and oxygen atoms in total. The number of ether oxygens (including phenoxy) is 2. The van der Waals surface area contributed by atoms with E-state index in [0.29, 0.717) is 6.42 Å². The fourth-order valence-corrected chi connectivity index (χ4v) is 6.80. The Balaban J connectivity index is 2.36. The first kappa shape index (κ1) is 50.4. The summed E-state index contributed by atoms with van der Waals surface area (Å²) in [4.78, 5) is 12.9. The fourth-order valence-electron chi connectivity index (χ4n) is 6.80. The van der Waals surface area contributed by atoms with Crippen LogP contribution in [0.3, 0.4) is 0 Å². The van der Waals surface area contributed by atoms with E-state index in [0.717, 1.165) is 57.8 Å². The van der Waals surface area contributed by atoms with Crippen molar-refractivity contribution in [2.75, 3.05) is 13.2 Å². The molecule has 1 saturated heterocycles. The molecule has 0 aromatic rings. The number of allylic oxidation sites excluding steroid dienone is 5. The Morgan fingerprint density at radius 2 is 1.07 bits per heavy atom. The lowest BCUT2D eigenvalue weighted by Gasteiger charge is -2.40. The number of hydrogen-bond acceptors (Lipinski definition) is 8. The van der Waals surface area contributed by atoms with Gasteiger partial charge in [0.15, 0.2) is 6.29 Å². The van der Waals surface area contributed by atoms with Crippen molar-refractivity contribution in [3.63, 3.8) is 0 Å². The van der Waals surface area contributed by atoms with Crippen molar-refractivity contribution in [3.8, 4) is 0 Å². The number of aliphatic hydroxyl groups excluding tert-OH is 5. The third kappa shape index (κ3) is 26.3. The van der Waals surface area contributed by atoms with E-state index in [1.165, 1.54) is 109 Å². The Hall–Kier alpha value is -1.59. The zero-order valence-corrected chi connectivity index (χ0v) is 34.5. The highest BCUT2D eigenvalue weighted by Gasteiger charge is 2.44. The van der Waals surface area contributed by atoms with Gasteiger partial charge in [-0.3, -0.25) is 4.79 Å². The van der Waals surface area contributed by atoms with Crippen LogP contribution in [-0.2, 0) is 14.3 Å². The molecule has 6 N–H and O–H groups in total. The van der Waals surface area contributed by atoms with Crippen LogP contribution in [0, 0.1) is 0 Å². The Kier molecular flexibility index (Phi) is 33.4. The molecule has 1 amide bonds. The minimum Gasteiger partial charge on any atom is -0.394 e. The molecule has 0 spiro atoms. The number of amides is 1. The predicted molar refractivity (Wildman–Crippen MR) is 221 cm³/mol. The molecule has 9 heteroatoms. The summed E-state index contributed by atoms with van der Waals surface area (Å²) >= 11 is 0. The predicted octanol–water partition coefficient (Wildman–Crippen LogP) is 8.89. The van der Waals surface area contributed by atoms with Crippen LogP contribution in [0.5, 0.6) is 0 Å². The second kappa shape index (κ2) is 35.8. The molecule has 1 fully saturated rings. The van der Waals surface area contributed by atoms with E-state index in [1.807, 2.05) is 6.08 Å². The van der Waals surface area contributed by atoms with E-state index >= 15 is 0 Å². The lowest BCUT2D eigenvalue weighted by Crippen LogP contribution is -2.60. The van der Waals surface area contributed by atoms with Crippen LogP contribution in [-0.4, -0.2) is 87.5 Å². The number of carbonyl (C=O) groups excluding carboxylic acids is 1. The first-order chi connectivity index (χ1) is 26.3. The SMILES string of the molecule is CCCC/C=C\CCCCCCC(=O)NC(COC1OC(CO)C(O)C(O)C1O)C(O)/C=C/CC/C=C/CCCCCCCCCCCCCCCCC. The summed E-state index contributed by atoms with van der Waals surface area (Å²) in [5, 5.41) is 54.0. The number of nitrogens with one attached hydrogen (secondary N) is 1. The highest BCUT2D eigenvalue weighted by molar-refractivity contribution is 5.76. The van der Waals surface area contributed by atoms with E-state index in [-0.39, 0.29) is 12.5 Å². The topological polar surface area (TPSA) is 149 Å². The summed E-state index contributed by atoms with van der Waals surface area (Å²) in [6, 6.07) is -0.824. The van der Waals surface area contributed by atoms with Gasteiger partial charge in [-0.05, 0) is 51.4 Å². The van der Waals surface area contributed by atoms with Gasteiger partial charge in [0.05, 0.1) is 25.4 Å². The third-order valence-electron chi connectivity index (χ3n) is 10.4. The maximum atomic E-state index is 12.9. The quantitative estimate of drug-likeness (QED) is 0.0274. The van der Waals surface area contributed by atoms with Crippen molar-refractivity contribution in [1.82, 2.24) is 5.32 Å². The van der Waals surface area contributed by atoms with Gasteiger partial charge >= 0.3 is 0 Å². The largest absolute Gasteiger partial charge is 0.394 e. The molecule has 7 atom stereocenters. The Morgan fingerprint density at radius 1 is 0.611 bits per heavy atom. The molecule has 0 bridgehead atoms. The monoisotopic (exact) mass is 766 g/mol. The molecule has 1 aliphatic heterocycles. The van der Waals surface area contributed by atoms with Gasteiger partial charge in [0.1, 0.15) is 24.4 Å². The van der Waals surface area contributed by atoms with E-state index in [1.54, 1.807) is 6.08 Å². The molecule has 1 heterocycles. The highest BCUT2D eigenvalue weighted by atomic mass is 16.7. The van der Waals surface area contributed by atoms with E-state index in [4.69, 9.17) is 9.47 Å². The Morgan fingerprint density at radius 3 is 1.61 bits per heavy atom. The number of hydrogen-bond donors (Lipinski definition) is 6. The first-order valence-corrected chi connectivity index (χ1v) is 22.2. The maximum absolute atomic E-state index is 12.9. The van der Waals surface area contributed by atoms with Gasteiger partial charge in [-0.15, -0.1) is 0 Å². The molecule has 0 aromatic carbocycles. The fraction of sp³-hybridized carbons (Fsp3) is 0.844. The van der Waals surface area contributed by atoms with Gasteiger partial charge in [-0.1, -0.05) is 166 Å². The summed E-state index contributed by atoms with van der Waals surface area (Å²) < 4.78 is 11.2. The van der Waals surface area contributed by atoms with Gasteiger partial charge < -0.3 is 40.3 Å². The van der Waals surface area contributed by atoms with Crippen molar-refractivity contribution >= 4 is 5.91 Å². The second-order valence-corrected chi connectivity index (χ2v) is 15.5. The smallest absolute Gasteiger partial charge is 0.220 e. The molecule has 316 valence electrons. The molecule has 1 rings (SSSR count). The van der Waals surface area contributed by atoms with Crippen LogP contribution in [0.1, 0.15) is 187 Å². The average molecular weight is 766 g/mol. The van der Waals surface area contributed by atoms with Crippen LogP contribution < -0.4 is 5.32 Å². The van der Waals surface area contributed by atoms with Crippen molar-refractivity contribution in [2.45, 2.75) is 230 Å². The van der Waals surface area contributed by atoms with Gasteiger partial charge in [0, 0.05) is 6.42 Å². The summed E-state index contributed by atoms with van der Waals surface area (Å²) in [7, 11) is 0. The number of unbranched alkanes of at least 4 members (excludes halogenated alkanes) is 22. The van der Waals surface area contributed by atoms with Crippen molar-refractivity contribution in [2.24, 2.45) is 0 Å². The zero-order chi connectivity index (χ0) is 39.5. The summed E-state index contributed by atoms with van der Waals surface area (Å²) in [5.74, 6) is -0.203. The Bertz CT molecular complexity index is 941. The minimum atomic E-state index is -1.57. The molecular weight excluding hydrogens is 682 g/mol. The van der Waals surface area contributed by atoms with Gasteiger partial charge in [-0.25, -0.2) is 0 Å². The van der Waals surface area contributed by atoms with Crippen molar-refractivity contribution in [3.05, 3.63) is 36.5 Å². The molecule has 0 aromatic heterocycles. The van der Waals surface area contributed by atoms with Gasteiger partial charge in [0.2, 0.25) is 5.91 Å². The molecular formula is C45H83NO8. The van der Waals surface area contributed by atoms with Crippen LogP contribution in [0.4, 0.5) is 0 Å². The average Bonchev–Trinajstić information content (AvgIpc) is 3.17. The number of carbonyl (C=O) groups is 1. The van der Waals surface area contributed by atoms with Gasteiger partial charge in [0.25, 0.3) is 0 Å². The minimum absolute atomic E-state index is 0.203. The highest BCUT2D eigenvalue weighted by Crippen LogP contribution is 2.22. The molecule has 7 unspecified atom stereocenters. The van der Waals surface area contributed by atoms with Crippen molar-refractivity contribution in [1.29, 1.82) is 0 Å². The van der Waals surface area contributed by atoms with Crippen LogP contribution in [0.2, 0.25) is 0 Å². The molecule has 0 aliphatic carbocycles. The van der Waals surface area contributed by atoms with Gasteiger partial charge in [-0.2, -0.15) is 0 Å². The molecule has 0 saturated carbocycles. The van der Waals surface area contributed by atoms with Crippen LogP contribution >= 0.6 is 0 Å². The van der Waals surface area contributed by atoms with Crippen LogP contribution in [0.15, 0.2) is 36.5 Å². The lowest BCUT2D eigenvalue weighted by molar-refractivity contribution is -0.302. The van der Waals surface area contributed by atoms with Crippen LogP contribution in [0.25, 0.3) is 0 Å². The van der Waals surface area contributed by atoms with E-state index in [9.17, 15) is 30.3 Å². The lowest BCUT2D eigenvalue weighted by atomic mass is 9.99. The normalized spacial score (nSPS) is 21.8. The standard InChI is InChI=1S/C45H83NO8/c1-3-5-7-9-11-13-15-16-17-18-19-20-21-22-23-24-25-26-28-30-32-34-39(48)38(37-53-45-44(52)43(51)42(50)40(36-47)54-45)46-41(49)35-33-31-29-27-14-12-10-8-6-4-2/h10,12,25-26,32,34,38-40,42-45,47-48,50-52H,3-9,11,13-24,27-31,33,35-37H2,1-2H3,(H,46,49)/b12-10-,26-25+,34-32+. The number of aliphatic hydroxyl groups is 5. The van der Waals surface area contributed by atoms with E-state index in [2.05, 4.69) is 43.5 Å². The first-order valence-electron chi connectivity index (χ1n) is 22.2. The maximum Gasteiger partial charge on any atom is 0.220 e. The Labute approximate surface area is 330 Å². The summed E-state index contributed by atoms with van der Waals surface area (Å²) in [5.41, 5.74) is 0. The molecule has 54 heavy (non-hydrogen) atoms. The molecule has 1 aliphatic rings. The van der Waals surface area contributed by atoms with E-state index < -0.39 is 49.5 Å². The summed E-state index contributed by atoms with van der Waals surface area (Å²) in [6.07, 6.45) is 36.3. The van der Waals surface area contributed by atoms with Crippen molar-refractivity contribution < 1.29 is 39.8 Å². The summed E-state index contributed by atoms with van der Waals surface area (Å²) in [6.45, 7) is 3.69. The molecule has 0 radical (unpaired) electrons. The zero-order valence-electron chi connectivity index (χ0n) is 34.5.